The Labute approximate surface area is 410 Å². The molecule has 8 aromatic carbocycles. The zero-order valence-electron chi connectivity index (χ0n) is 40.5. The molecule has 2 aliphatic heterocycles. The van der Waals surface area contributed by atoms with Crippen molar-refractivity contribution in [2.75, 3.05) is 14.7 Å². The van der Waals surface area contributed by atoms with E-state index in [0.717, 1.165) is 17.1 Å². The molecule has 0 atom stereocenters. The van der Waals surface area contributed by atoms with E-state index in [0.29, 0.717) is 0 Å². The summed E-state index contributed by atoms with van der Waals surface area (Å²) in [5.74, 6) is 0. The fourth-order valence-electron chi connectivity index (χ4n) is 10.7. The second-order valence-corrected chi connectivity index (χ2v) is 23.9. The lowest BCUT2D eigenvalue weighted by atomic mass is 9.33. The average molecular weight is 918 g/mol. The van der Waals surface area contributed by atoms with Crippen LogP contribution in [0.15, 0.2) is 176 Å². The Kier molecular flexibility index (Phi) is 9.72. The van der Waals surface area contributed by atoms with Gasteiger partial charge in [0.05, 0.1) is 15.4 Å². The van der Waals surface area contributed by atoms with Gasteiger partial charge in [-0.05, 0) is 134 Å². The molecule has 0 saturated carbocycles. The molecule has 2 aromatic heterocycles. The van der Waals surface area contributed by atoms with Gasteiger partial charge >= 0.3 is 0 Å². The molecule has 0 fully saturated rings. The second kappa shape index (κ2) is 15.5. The quantitative estimate of drug-likeness (QED) is 0.159. The molecule has 0 saturated heterocycles. The minimum Gasteiger partial charge on any atom is -0.310 e. The first-order valence-corrected chi connectivity index (χ1v) is 25.7. The lowest BCUT2D eigenvalue weighted by molar-refractivity contribution is 0.590. The Bertz CT molecular complexity index is 3530. The largest absolute Gasteiger partial charge is 0.310 e. The molecule has 0 unspecified atom stereocenters. The number of para-hydroxylation sites is 1. The maximum atomic E-state index is 2.61. The fraction of sp³-hybridized carbons (Fsp3) is 0.194. The predicted octanol–water partition coefficient (Wildman–Crippen LogP) is 16.7. The molecular weight excluding hydrogens is 862 g/mol. The maximum absolute atomic E-state index is 2.61. The number of rotatable bonds is 5. The van der Waals surface area contributed by atoms with Gasteiger partial charge in [-0.2, -0.15) is 0 Å². The van der Waals surface area contributed by atoms with Crippen molar-refractivity contribution in [1.29, 1.82) is 0 Å². The van der Waals surface area contributed by atoms with Gasteiger partial charge in [0.1, 0.15) is 0 Å². The van der Waals surface area contributed by atoms with Crippen molar-refractivity contribution in [2.24, 2.45) is 0 Å². The smallest absolute Gasteiger partial charge is 0.254 e. The standard InChI is InChI=1S/C62H56BN3S2/c1-60(2,3)39-25-30-43(31-26-39)64(44-32-27-40(28-33-44)61(4,5)6)45-34-35-49-53(38-45)66(52-23-15-20-47-46-19-13-14-24-54(46)67-58(47)52)51-22-16-21-50-57(51)63(49)56-48-37-41(62(7,8)9)29-36-55(48)68-59(56)65(50)42-17-11-10-12-18-42/h10-38H,1-9H3. The maximum Gasteiger partial charge on any atom is 0.254 e. The SMILES string of the molecule is CC(C)(C)c1ccc(N(c2ccc(C(C)(C)C)cc2)c2ccc3c(c2)N(c2cccc4c2sc2ccccc24)c2cccc4c2B3c2c(sc3ccc(C(C)(C)C)cc23)N4c2ccccc2)cc1. The third-order valence-electron chi connectivity index (χ3n) is 14.3. The second-order valence-electron chi connectivity index (χ2n) is 21.9. The Morgan fingerprint density at radius 2 is 0.941 bits per heavy atom. The van der Waals surface area contributed by atoms with Crippen molar-refractivity contribution in [2.45, 2.75) is 78.6 Å². The van der Waals surface area contributed by atoms with Crippen molar-refractivity contribution in [3.8, 4) is 0 Å². The van der Waals surface area contributed by atoms with Crippen LogP contribution in [0.5, 0.6) is 0 Å². The van der Waals surface area contributed by atoms with E-state index in [2.05, 4.69) is 253 Å². The van der Waals surface area contributed by atoms with Crippen molar-refractivity contribution in [3.63, 3.8) is 0 Å². The number of hydrogen-bond acceptors (Lipinski definition) is 5. The molecule has 68 heavy (non-hydrogen) atoms. The summed E-state index contributed by atoms with van der Waals surface area (Å²) in [4.78, 5) is 7.62. The summed E-state index contributed by atoms with van der Waals surface area (Å²) in [5.41, 5.74) is 17.5. The molecule has 6 heteroatoms. The summed E-state index contributed by atoms with van der Waals surface area (Å²) in [7, 11) is 0. The highest BCUT2D eigenvalue weighted by atomic mass is 32.1. The minimum absolute atomic E-state index is 0.00140. The van der Waals surface area contributed by atoms with Crippen LogP contribution in [0.3, 0.4) is 0 Å². The number of benzene rings is 8. The van der Waals surface area contributed by atoms with Gasteiger partial charge in [0.25, 0.3) is 6.71 Å². The molecule has 12 rings (SSSR count). The van der Waals surface area contributed by atoms with E-state index in [9.17, 15) is 0 Å². The van der Waals surface area contributed by atoms with E-state index in [-0.39, 0.29) is 23.0 Å². The van der Waals surface area contributed by atoms with E-state index in [1.165, 1.54) is 96.8 Å². The lowest BCUT2D eigenvalue weighted by Gasteiger charge is -2.43. The van der Waals surface area contributed by atoms with Crippen LogP contribution in [0, 0.1) is 0 Å². The highest BCUT2D eigenvalue weighted by Crippen LogP contribution is 2.51. The van der Waals surface area contributed by atoms with Crippen molar-refractivity contribution in [3.05, 3.63) is 193 Å². The van der Waals surface area contributed by atoms with Crippen LogP contribution in [0.2, 0.25) is 0 Å². The van der Waals surface area contributed by atoms with Gasteiger partial charge in [0.2, 0.25) is 0 Å². The first-order chi connectivity index (χ1) is 32.6. The molecule has 2 aliphatic rings. The molecule has 0 N–H and O–H groups in total. The molecule has 3 nitrogen and oxygen atoms in total. The number of fused-ring (bicyclic) bond motifs is 9. The predicted molar refractivity (Wildman–Crippen MR) is 300 cm³/mol. The summed E-state index contributed by atoms with van der Waals surface area (Å²) in [6.45, 7) is 20.7. The van der Waals surface area contributed by atoms with E-state index < -0.39 is 0 Å². The lowest BCUT2D eigenvalue weighted by Crippen LogP contribution is -2.61. The topological polar surface area (TPSA) is 9.72 Å². The van der Waals surface area contributed by atoms with E-state index in [4.69, 9.17) is 0 Å². The zero-order chi connectivity index (χ0) is 46.9. The molecule has 0 spiro atoms. The van der Waals surface area contributed by atoms with E-state index in [1.807, 2.05) is 22.7 Å². The Morgan fingerprint density at radius 3 is 1.60 bits per heavy atom. The van der Waals surface area contributed by atoms with Crippen molar-refractivity contribution in [1.82, 2.24) is 0 Å². The van der Waals surface area contributed by atoms with Gasteiger partial charge in [0.15, 0.2) is 0 Å². The van der Waals surface area contributed by atoms with Crippen molar-refractivity contribution >= 4 is 127 Å². The summed E-state index contributed by atoms with van der Waals surface area (Å²) in [6.07, 6.45) is 0. The Hall–Kier alpha value is -6.60. The van der Waals surface area contributed by atoms with E-state index >= 15 is 0 Å². The summed E-state index contributed by atoms with van der Waals surface area (Å²) >= 11 is 3.82. The van der Waals surface area contributed by atoms with Crippen LogP contribution in [0.1, 0.15) is 79.0 Å². The highest BCUT2D eigenvalue weighted by molar-refractivity contribution is 7.27. The van der Waals surface area contributed by atoms with Gasteiger partial charge in [-0.1, -0.05) is 159 Å². The summed E-state index contributed by atoms with van der Waals surface area (Å²) in [6, 6.07) is 66.9. The number of nitrogens with zero attached hydrogens (tertiary/aromatic N) is 3. The van der Waals surface area contributed by atoms with Gasteiger partial charge in [-0.15, -0.1) is 22.7 Å². The third-order valence-corrected chi connectivity index (χ3v) is 16.7. The van der Waals surface area contributed by atoms with E-state index in [1.54, 1.807) is 0 Å². The van der Waals surface area contributed by atoms with Gasteiger partial charge in [-0.25, -0.2) is 0 Å². The van der Waals surface area contributed by atoms with Gasteiger partial charge in [0, 0.05) is 60.0 Å². The molecule has 334 valence electrons. The normalized spacial score (nSPS) is 13.6. The van der Waals surface area contributed by atoms with Crippen LogP contribution >= 0.6 is 22.7 Å². The number of hydrogen-bond donors (Lipinski definition) is 0. The minimum atomic E-state index is -0.00682. The first kappa shape index (κ1) is 42.7. The molecule has 4 heterocycles. The Morgan fingerprint density at radius 1 is 0.397 bits per heavy atom. The summed E-state index contributed by atoms with van der Waals surface area (Å²) < 4.78 is 3.91. The molecule has 0 amide bonds. The first-order valence-electron chi connectivity index (χ1n) is 24.0. The van der Waals surface area contributed by atoms with Crippen LogP contribution in [0.25, 0.3) is 30.3 Å². The molecule has 10 aromatic rings. The summed E-state index contributed by atoms with van der Waals surface area (Å²) in [5, 5.41) is 5.23. The zero-order valence-corrected chi connectivity index (χ0v) is 42.1. The molecule has 0 bridgehead atoms. The molecular formula is C62H56BN3S2. The third kappa shape index (κ3) is 6.82. The molecule has 0 aliphatic carbocycles. The highest BCUT2D eigenvalue weighted by Gasteiger charge is 2.45. The van der Waals surface area contributed by atoms with Crippen LogP contribution < -0.4 is 31.1 Å². The van der Waals surface area contributed by atoms with Crippen molar-refractivity contribution < 1.29 is 0 Å². The Balaban J connectivity index is 1.16. The average Bonchev–Trinajstić information content (AvgIpc) is 3.90. The van der Waals surface area contributed by atoms with Gasteiger partial charge < -0.3 is 14.7 Å². The number of thiophene rings is 2. The molecule has 0 radical (unpaired) electrons. The monoisotopic (exact) mass is 917 g/mol. The van der Waals surface area contributed by atoms with Crippen LogP contribution in [-0.4, -0.2) is 6.71 Å². The fourth-order valence-corrected chi connectivity index (χ4v) is 13.2. The van der Waals surface area contributed by atoms with Gasteiger partial charge in [-0.3, -0.25) is 0 Å². The number of anilines is 9. The van der Waals surface area contributed by atoms with Crippen LogP contribution in [-0.2, 0) is 16.2 Å². The van der Waals surface area contributed by atoms with Crippen LogP contribution in [0.4, 0.5) is 50.5 Å².